The third-order valence-corrected chi connectivity index (χ3v) is 7.89. The van der Waals surface area contributed by atoms with Crippen LogP contribution < -0.4 is 4.18 Å². The highest BCUT2D eigenvalue weighted by atomic mass is 32.2. The van der Waals surface area contributed by atoms with Crippen molar-refractivity contribution in [3.8, 4) is 5.75 Å². The molecular formula is C23H33NO4S. The fourth-order valence-corrected chi connectivity index (χ4v) is 6.81. The Morgan fingerprint density at radius 3 is 2.07 bits per heavy atom. The van der Waals surface area contributed by atoms with Gasteiger partial charge in [-0.05, 0) is 87.3 Å². The summed E-state index contributed by atoms with van der Waals surface area (Å²) >= 11 is 0. The second-order valence-corrected chi connectivity index (χ2v) is 11.4. The van der Waals surface area contributed by atoms with Crippen LogP contribution in [0.2, 0.25) is 0 Å². The second kappa shape index (κ2) is 7.60. The monoisotopic (exact) mass is 419 g/mol. The number of amides is 1. The summed E-state index contributed by atoms with van der Waals surface area (Å²) in [6.45, 7) is 4.84. The van der Waals surface area contributed by atoms with E-state index >= 15 is 0 Å². The van der Waals surface area contributed by atoms with Crippen LogP contribution in [0.4, 0.5) is 0 Å². The van der Waals surface area contributed by atoms with E-state index in [9.17, 15) is 13.2 Å². The molecule has 1 unspecified atom stereocenters. The van der Waals surface area contributed by atoms with Gasteiger partial charge in [-0.3, -0.25) is 4.79 Å². The minimum Gasteiger partial charge on any atom is -0.383 e. The van der Waals surface area contributed by atoms with Crippen molar-refractivity contribution in [2.45, 2.75) is 71.4 Å². The molecule has 0 radical (unpaired) electrons. The van der Waals surface area contributed by atoms with E-state index in [0.29, 0.717) is 18.2 Å². The summed E-state index contributed by atoms with van der Waals surface area (Å²) in [4.78, 5) is 16.0. The van der Waals surface area contributed by atoms with Crippen molar-refractivity contribution in [1.29, 1.82) is 0 Å². The van der Waals surface area contributed by atoms with Crippen LogP contribution in [0, 0.1) is 23.2 Å². The molecule has 4 aliphatic rings. The van der Waals surface area contributed by atoms with E-state index < -0.39 is 10.1 Å². The highest BCUT2D eigenvalue weighted by Crippen LogP contribution is 2.60. The third-order valence-electron chi connectivity index (χ3n) is 7.40. The van der Waals surface area contributed by atoms with Crippen LogP contribution in [0.5, 0.6) is 5.75 Å². The Balaban J connectivity index is 1.53. The lowest BCUT2D eigenvalue weighted by molar-refractivity contribution is -0.160. The second-order valence-electron chi connectivity index (χ2n) is 9.82. The van der Waals surface area contributed by atoms with Gasteiger partial charge in [0.05, 0.1) is 11.7 Å². The number of benzene rings is 1. The predicted molar refractivity (Wildman–Crippen MR) is 113 cm³/mol. The Morgan fingerprint density at radius 1 is 1.10 bits per heavy atom. The first-order chi connectivity index (χ1) is 13.7. The molecule has 6 heteroatoms. The van der Waals surface area contributed by atoms with Gasteiger partial charge in [-0.15, -0.1) is 0 Å². The van der Waals surface area contributed by atoms with Crippen LogP contribution in [-0.4, -0.2) is 31.5 Å². The van der Waals surface area contributed by atoms with Crippen LogP contribution in [0.1, 0.15) is 64.4 Å². The van der Waals surface area contributed by atoms with E-state index in [4.69, 9.17) is 4.18 Å². The topological polar surface area (TPSA) is 63.7 Å². The Morgan fingerprint density at radius 2 is 1.62 bits per heavy atom. The summed E-state index contributed by atoms with van der Waals surface area (Å²) in [7, 11) is -3.53. The fraction of sp³-hybridized carbons (Fsp3) is 0.696. The number of carbonyl (C=O) groups is 1. The van der Waals surface area contributed by atoms with Crippen molar-refractivity contribution in [1.82, 2.24) is 4.90 Å². The van der Waals surface area contributed by atoms with Crippen LogP contribution in [-0.2, 0) is 21.5 Å². The van der Waals surface area contributed by atoms with E-state index in [0.717, 1.165) is 55.3 Å². The van der Waals surface area contributed by atoms with E-state index in [2.05, 4.69) is 18.7 Å². The molecule has 1 amide bonds. The molecule has 29 heavy (non-hydrogen) atoms. The molecule has 5 nitrogen and oxygen atoms in total. The first kappa shape index (κ1) is 20.7. The minimum absolute atomic E-state index is 0.141. The lowest BCUT2D eigenvalue weighted by Gasteiger charge is -2.57. The van der Waals surface area contributed by atoms with Crippen molar-refractivity contribution in [2.75, 3.05) is 6.26 Å². The summed E-state index contributed by atoms with van der Waals surface area (Å²) in [5.74, 6) is 2.89. The number of carbonyl (C=O) groups excluding carboxylic acids is 1. The van der Waals surface area contributed by atoms with Gasteiger partial charge in [-0.25, -0.2) is 0 Å². The normalized spacial score (nSPS) is 31.5. The smallest absolute Gasteiger partial charge is 0.306 e. The largest absolute Gasteiger partial charge is 0.383 e. The van der Waals surface area contributed by atoms with Gasteiger partial charge < -0.3 is 9.08 Å². The third kappa shape index (κ3) is 4.32. The molecule has 0 saturated heterocycles. The number of hydrogen-bond acceptors (Lipinski definition) is 4. The van der Waals surface area contributed by atoms with Gasteiger partial charge in [0.25, 0.3) is 0 Å². The average Bonchev–Trinajstić information content (AvgIpc) is 2.64. The molecule has 160 valence electrons. The van der Waals surface area contributed by atoms with E-state index in [1.165, 1.54) is 19.3 Å². The standard InChI is InChI=1S/C23H33NO4S/c1-4-16(2)24(15-17-5-7-21(8-6-17)28-29(3,26)27)22(25)23-12-18-9-19(13-23)11-20(10-18)14-23/h5-8,16,18-20H,4,9-15H2,1-3H3. The molecule has 4 aliphatic carbocycles. The maximum Gasteiger partial charge on any atom is 0.306 e. The Kier molecular flexibility index (Phi) is 5.43. The summed E-state index contributed by atoms with van der Waals surface area (Å²) in [5.41, 5.74) is 0.863. The van der Waals surface area contributed by atoms with Crippen molar-refractivity contribution < 1.29 is 17.4 Å². The maximum absolute atomic E-state index is 13.9. The van der Waals surface area contributed by atoms with Crippen LogP contribution in [0.25, 0.3) is 0 Å². The molecule has 0 aromatic heterocycles. The molecule has 0 heterocycles. The highest BCUT2D eigenvalue weighted by molar-refractivity contribution is 7.86. The SMILES string of the molecule is CCC(C)N(Cc1ccc(OS(C)(=O)=O)cc1)C(=O)C12CC3CC(CC(C3)C1)C2. The molecule has 0 spiro atoms. The first-order valence-electron chi connectivity index (χ1n) is 11.0. The van der Waals surface area contributed by atoms with Crippen LogP contribution in [0.3, 0.4) is 0 Å². The highest BCUT2D eigenvalue weighted by Gasteiger charge is 2.55. The molecule has 0 N–H and O–H groups in total. The zero-order chi connectivity index (χ0) is 20.8. The lowest BCUT2D eigenvalue weighted by Crippen LogP contribution is -2.55. The van der Waals surface area contributed by atoms with Gasteiger partial charge in [0, 0.05) is 12.6 Å². The van der Waals surface area contributed by atoms with Gasteiger partial charge >= 0.3 is 10.1 Å². The lowest BCUT2D eigenvalue weighted by atomic mass is 9.49. The minimum atomic E-state index is -3.53. The Hall–Kier alpha value is -1.56. The summed E-state index contributed by atoms with van der Waals surface area (Å²) in [5, 5.41) is 0. The van der Waals surface area contributed by atoms with Gasteiger partial charge in [-0.1, -0.05) is 19.1 Å². The summed E-state index contributed by atoms with van der Waals surface area (Å²) in [6.07, 6.45) is 9.18. The molecule has 5 rings (SSSR count). The van der Waals surface area contributed by atoms with Crippen molar-refractivity contribution in [2.24, 2.45) is 23.2 Å². The van der Waals surface area contributed by atoms with E-state index in [-0.39, 0.29) is 11.5 Å². The van der Waals surface area contributed by atoms with Gasteiger partial charge in [0.2, 0.25) is 5.91 Å². The maximum atomic E-state index is 13.9. The Bertz CT molecular complexity index is 826. The molecular weight excluding hydrogens is 386 g/mol. The average molecular weight is 420 g/mol. The molecule has 4 saturated carbocycles. The molecule has 0 aliphatic heterocycles. The van der Waals surface area contributed by atoms with Crippen LogP contribution in [0.15, 0.2) is 24.3 Å². The molecule has 4 fully saturated rings. The number of hydrogen-bond donors (Lipinski definition) is 0. The van der Waals surface area contributed by atoms with Crippen molar-refractivity contribution >= 4 is 16.0 Å². The molecule has 1 aromatic rings. The summed E-state index contributed by atoms with van der Waals surface area (Å²) in [6, 6.07) is 7.24. The molecule has 1 atom stereocenters. The first-order valence-corrected chi connectivity index (χ1v) is 12.8. The molecule has 1 aromatic carbocycles. The number of rotatable bonds is 7. The van der Waals surface area contributed by atoms with Crippen molar-refractivity contribution in [3.05, 3.63) is 29.8 Å². The van der Waals surface area contributed by atoms with Crippen LogP contribution >= 0.6 is 0 Å². The van der Waals surface area contributed by atoms with E-state index in [1.54, 1.807) is 12.1 Å². The predicted octanol–water partition coefficient (Wildman–Crippen LogP) is 4.37. The van der Waals surface area contributed by atoms with Gasteiger partial charge in [-0.2, -0.15) is 8.42 Å². The van der Waals surface area contributed by atoms with Gasteiger partial charge in [0.1, 0.15) is 5.75 Å². The number of nitrogens with zero attached hydrogens (tertiary/aromatic N) is 1. The zero-order valence-electron chi connectivity index (χ0n) is 17.8. The summed E-state index contributed by atoms with van der Waals surface area (Å²) < 4.78 is 27.6. The fourth-order valence-electron chi connectivity index (χ4n) is 6.35. The Labute approximate surface area is 174 Å². The van der Waals surface area contributed by atoms with E-state index in [1.807, 2.05) is 12.1 Å². The zero-order valence-corrected chi connectivity index (χ0v) is 18.6. The molecule has 4 bridgehead atoms. The van der Waals surface area contributed by atoms with Gasteiger partial charge in [0.15, 0.2) is 0 Å². The van der Waals surface area contributed by atoms with Crippen molar-refractivity contribution in [3.63, 3.8) is 0 Å². The quantitative estimate of drug-likeness (QED) is 0.616.